The van der Waals surface area contributed by atoms with Crippen molar-refractivity contribution in [1.82, 2.24) is 5.32 Å². The fourth-order valence-corrected chi connectivity index (χ4v) is 2.04. The summed E-state index contributed by atoms with van der Waals surface area (Å²) in [5, 5.41) is 14.5. The molecule has 0 aliphatic heterocycles. The predicted molar refractivity (Wildman–Crippen MR) is 90.5 cm³/mol. The maximum absolute atomic E-state index is 12.9. The Balaban J connectivity index is 1.91. The highest BCUT2D eigenvalue weighted by Crippen LogP contribution is 2.18. The number of benzene rings is 2. The topological polar surface area (TPSA) is 70.6 Å². The van der Waals surface area contributed by atoms with E-state index in [0.717, 1.165) is 5.56 Å². The number of carbonyl (C=O) groups is 1. The molecule has 0 saturated heterocycles. The summed E-state index contributed by atoms with van der Waals surface area (Å²) in [6.07, 6.45) is 0.644. The third-order valence-corrected chi connectivity index (χ3v) is 3.46. The number of rotatable bonds is 7. The summed E-state index contributed by atoms with van der Waals surface area (Å²) in [7, 11) is 0. The van der Waals surface area contributed by atoms with Gasteiger partial charge in [0.05, 0.1) is 12.6 Å². The van der Waals surface area contributed by atoms with Gasteiger partial charge in [0.1, 0.15) is 18.2 Å². The molecule has 0 spiro atoms. The van der Waals surface area contributed by atoms with Crippen molar-refractivity contribution >= 4 is 11.7 Å². The normalized spacial score (nSPS) is 11.6. The summed E-state index contributed by atoms with van der Waals surface area (Å²) in [6, 6.07) is 12.4. The molecule has 0 heterocycles. The van der Waals surface area contributed by atoms with E-state index in [9.17, 15) is 9.18 Å². The smallest absolute Gasteiger partial charge is 0.319 e. The molecule has 0 aromatic heterocycles. The lowest BCUT2D eigenvalue weighted by Crippen LogP contribution is -2.39. The highest BCUT2D eigenvalue weighted by atomic mass is 19.1. The highest BCUT2D eigenvalue weighted by molar-refractivity contribution is 5.89. The molecule has 0 saturated carbocycles. The first-order valence-corrected chi connectivity index (χ1v) is 7.76. The zero-order valence-electron chi connectivity index (χ0n) is 13.5. The molecule has 2 amide bonds. The van der Waals surface area contributed by atoms with Crippen molar-refractivity contribution in [1.29, 1.82) is 0 Å². The molecule has 24 heavy (non-hydrogen) atoms. The number of hydrogen-bond donors (Lipinski definition) is 3. The molecule has 0 fully saturated rings. The Labute approximate surface area is 140 Å². The Kier molecular flexibility index (Phi) is 6.57. The van der Waals surface area contributed by atoms with Gasteiger partial charge in [-0.25, -0.2) is 9.18 Å². The molecule has 6 heteroatoms. The van der Waals surface area contributed by atoms with Crippen molar-refractivity contribution in [2.75, 3.05) is 11.9 Å². The van der Waals surface area contributed by atoms with Crippen LogP contribution in [-0.4, -0.2) is 23.8 Å². The van der Waals surface area contributed by atoms with E-state index in [1.807, 2.05) is 6.92 Å². The Morgan fingerprint density at radius 1 is 1.25 bits per heavy atom. The van der Waals surface area contributed by atoms with Gasteiger partial charge in [-0.05, 0) is 36.2 Å². The minimum Gasteiger partial charge on any atom is -0.489 e. The summed E-state index contributed by atoms with van der Waals surface area (Å²) in [5.41, 5.74) is 1.43. The molecule has 1 atom stereocenters. The van der Waals surface area contributed by atoms with Crippen LogP contribution < -0.4 is 15.4 Å². The number of aliphatic hydroxyl groups is 1. The average molecular weight is 332 g/mol. The lowest BCUT2D eigenvalue weighted by atomic mass is 10.2. The SMILES string of the molecule is CCC(CO)NC(=O)Nc1cccc(OCc2ccc(F)cc2)c1. The molecule has 2 rings (SSSR count). The molecule has 0 aliphatic carbocycles. The molecular weight excluding hydrogens is 311 g/mol. The Hall–Kier alpha value is -2.60. The van der Waals surface area contributed by atoms with E-state index in [1.54, 1.807) is 36.4 Å². The van der Waals surface area contributed by atoms with Crippen molar-refractivity contribution < 1.29 is 19.0 Å². The van der Waals surface area contributed by atoms with Crippen LogP contribution in [0.2, 0.25) is 0 Å². The first-order chi connectivity index (χ1) is 11.6. The van der Waals surface area contributed by atoms with Crippen LogP contribution in [0.5, 0.6) is 5.75 Å². The van der Waals surface area contributed by atoms with Gasteiger partial charge >= 0.3 is 6.03 Å². The number of urea groups is 1. The van der Waals surface area contributed by atoms with E-state index in [2.05, 4.69) is 10.6 Å². The lowest BCUT2D eigenvalue weighted by Gasteiger charge is -2.15. The van der Waals surface area contributed by atoms with E-state index < -0.39 is 0 Å². The van der Waals surface area contributed by atoms with Crippen molar-refractivity contribution in [2.24, 2.45) is 0 Å². The van der Waals surface area contributed by atoms with E-state index in [-0.39, 0.29) is 24.5 Å². The minimum absolute atomic E-state index is 0.106. The second kappa shape index (κ2) is 8.88. The predicted octanol–water partition coefficient (Wildman–Crippen LogP) is 3.30. The molecule has 2 aromatic carbocycles. The van der Waals surface area contributed by atoms with Crippen LogP contribution >= 0.6 is 0 Å². The Bertz CT molecular complexity index is 658. The molecule has 2 aromatic rings. The largest absolute Gasteiger partial charge is 0.489 e. The van der Waals surface area contributed by atoms with Crippen LogP contribution in [0.3, 0.4) is 0 Å². The number of amides is 2. The molecule has 0 bridgehead atoms. The van der Waals surface area contributed by atoms with Crippen molar-refractivity contribution in [3.8, 4) is 5.75 Å². The summed E-state index contributed by atoms with van der Waals surface area (Å²) in [6.45, 7) is 2.08. The Morgan fingerprint density at radius 2 is 2.00 bits per heavy atom. The molecule has 1 unspecified atom stereocenters. The van der Waals surface area contributed by atoms with Crippen LogP contribution in [0, 0.1) is 5.82 Å². The average Bonchev–Trinajstić information content (AvgIpc) is 2.59. The number of hydrogen-bond acceptors (Lipinski definition) is 3. The van der Waals surface area contributed by atoms with Crippen LogP contribution in [0.4, 0.5) is 14.9 Å². The van der Waals surface area contributed by atoms with Crippen molar-refractivity contribution in [3.63, 3.8) is 0 Å². The quantitative estimate of drug-likeness (QED) is 0.728. The van der Waals surface area contributed by atoms with Gasteiger partial charge in [-0.3, -0.25) is 0 Å². The molecule has 5 nitrogen and oxygen atoms in total. The maximum atomic E-state index is 12.9. The summed E-state index contributed by atoms with van der Waals surface area (Å²) in [4.78, 5) is 11.9. The zero-order chi connectivity index (χ0) is 17.4. The van der Waals surface area contributed by atoms with Gasteiger partial charge in [-0.2, -0.15) is 0 Å². The van der Waals surface area contributed by atoms with Crippen LogP contribution in [0.1, 0.15) is 18.9 Å². The number of anilines is 1. The van der Waals surface area contributed by atoms with Gasteiger partial charge in [-0.15, -0.1) is 0 Å². The monoisotopic (exact) mass is 332 g/mol. The number of aliphatic hydroxyl groups excluding tert-OH is 1. The summed E-state index contributed by atoms with van der Waals surface area (Å²) >= 11 is 0. The first kappa shape index (κ1) is 17.7. The second-order valence-corrected chi connectivity index (χ2v) is 5.33. The third-order valence-electron chi connectivity index (χ3n) is 3.46. The number of nitrogens with one attached hydrogen (secondary N) is 2. The molecule has 3 N–H and O–H groups in total. The fraction of sp³-hybridized carbons (Fsp3) is 0.278. The van der Waals surface area contributed by atoms with E-state index in [0.29, 0.717) is 24.5 Å². The minimum atomic E-state index is -0.383. The second-order valence-electron chi connectivity index (χ2n) is 5.33. The molecular formula is C18H21FN2O3. The zero-order valence-corrected chi connectivity index (χ0v) is 13.5. The fourth-order valence-electron chi connectivity index (χ4n) is 2.04. The van der Waals surface area contributed by atoms with E-state index >= 15 is 0 Å². The van der Waals surface area contributed by atoms with Crippen LogP contribution in [0.15, 0.2) is 48.5 Å². The van der Waals surface area contributed by atoms with Crippen molar-refractivity contribution in [3.05, 3.63) is 59.9 Å². The van der Waals surface area contributed by atoms with E-state index in [4.69, 9.17) is 9.84 Å². The summed E-state index contributed by atoms with van der Waals surface area (Å²) < 4.78 is 18.5. The van der Waals surface area contributed by atoms with Crippen LogP contribution in [-0.2, 0) is 6.61 Å². The number of carbonyl (C=O) groups excluding carboxylic acids is 1. The molecule has 128 valence electrons. The van der Waals surface area contributed by atoms with Gasteiger partial charge in [0.2, 0.25) is 0 Å². The van der Waals surface area contributed by atoms with Gasteiger partial charge < -0.3 is 20.5 Å². The number of ether oxygens (including phenoxy) is 1. The van der Waals surface area contributed by atoms with Gasteiger partial charge in [0, 0.05) is 11.8 Å². The van der Waals surface area contributed by atoms with E-state index in [1.165, 1.54) is 12.1 Å². The molecule has 0 aliphatic rings. The standard InChI is InChI=1S/C18H21FN2O3/c1-2-15(11-22)20-18(23)21-16-4-3-5-17(10-16)24-12-13-6-8-14(19)9-7-13/h3-10,15,22H,2,11-12H2,1H3,(H2,20,21,23). The van der Waals surface area contributed by atoms with Gasteiger partial charge in [-0.1, -0.05) is 25.1 Å². The van der Waals surface area contributed by atoms with Gasteiger partial charge in [0.25, 0.3) is 0 Å². The lowest BCUT2D eigenvalue weighted by molar-refractivity contribution is 0.222. The first-order valence-electron chi connectivity index (χ1n) is 7.76. The highest BCUT2D eigenvalue weighted by Gasteiger charge is 2.09. The van der Waals surface area contributed by atoms with Crippen molar-refractivity contribution in [2.45, 2.75) is 26.0 Å². The van der Waals surface area contributed by atoms with Gasteiger partial charge in [0.15, 0.2) is 0 Å². The third kappa shape index (κ3) is 5.55. The van der Waals surface area contributed by atoms with Crippen LogP contribution in [0.25, 0.3) is 0 Å². The number of halogens is 1. The summed E-state index contributed by atoms with van der Waals surface area (Å²) in [5.74, 6) is 0.301. The maximum Gasteiger partial charge on any atom is 0.319 e. The Morgan fingerprint density at radius 3 is 2.67 bits per heavy atom. The molecule has 0 radical (unpaired) electrons.